The molecule has 0 spiro atoms. The molecule has 1 aliphatic rings. The van der Waals surface area contributed by atoms with E-state index in [0.29, 0.717) is 6.04 Å². The molecule has 0 aliphatic heterocycles. The molecule has 1 saturated carbocycles. The fourth-order valence-electron chi connectivity index (χ4n) is 2.69. The van der Waals surface area contributed by atoms with Crippen molar-refractivity contribution in [2.45, 2.75) is 52.0 Å². The predicted octanol–water partition coefficient (Wildman–Crippen LogP) is 3.89. The Labute approximate surface area is 110 Å². The van der Waals surface area contributed by atoms with E-state index in [1.807, 2.05) is 12.4 Å². The van der Waals surface area contributed by atoms with Gasteiger partial charge in [-0.15, -0.1) is 0 Å². The van der Waals surface area contributed by atoms with Gasteiger partial charge in [0.15, 0.2) is 0 Å². The van der Waals surface area contributed by atoms with Crippen LogP contribution in [-0.4, -0.2) is 17.6 Å². The van der Waals surface area contributed by atoms with Crippen LogP contribution in [-0.2, 0) is 0 Å². The lowest BCUT2D eigenvalue weighted by Gasteiger charge is -2.28. The molecule has 100 valence electrons. The topological polar surface area (TPSA) is 37.0 Å². The second-order valence-electron chi connectivity index (χ2n) is 5.50. The van der Waals surface area contributed by atoms with E-state index in [1.54, 1.807) is 0 Å². The van der Waals surface area contributed by atoms with Gasteiger partial charge in [0.1, 0.15) is 0 Å². The van der Waals surface area contributed by atoms with E-state index >= 15 is 0 Å². The smallest absolute Gasteiger partial charge is 0.0549 e. The summed E-state index contributed by atoms with van der Waals surface area (Å²) in [5.41, 5.74) is 2.26. The zero-order valence-corrected chi connectivity index (χ0v) is 11.6. The molecule has 0 radical (unpaired) electrons. The summed E-state index contributed by atoms with van der Waals surface area (Å²) in [7, 11) is 0. The molecule has 1 aromatic rings. The first-order valence-electron chi connectivity index (χ1n) is 7.23. The van der Waals surface area contributed by atoms with Gasteiger partial charge in [-0.05, 0) is 31.2 Å². The third-order valence-electron chi connectivity index (χ3n) is 3.62. The molecule has 2 N–H and O–H groups in total. The highest BCUT2D eigenvalue weighted by atomic mass is 15.0. The summed E-state index contributed by atoms with van der Waals surface area (Å²) in [6.07, 6.45) is 10.3. The summed E-state index contributed by atoms with van der Waals surface area (Å²) in [6.45, 7) is 5.53. The zero-order chi connectivity index (χ0) is 12.8. The average Bonchev–Trinajstić information content (AvgIpc) is 2.37. The first-order chi connectivity index (χ1) is 8.78. The van der Waals surface area contributed by atoms with Crippen LogP contribution in [0.15, 0.2) is 18.5 Å². The molecule has 0 bridgehead atoms. The molecule has 1 aromatic heterocycles. The van der Waals surface area contributed by atoms with E-state index < -0.39 is 0 Å². The van der Waals surface area contributed by atoms with Crippen molar-refractivity contribution in [2.75, 3.05) is 17.2 Å². The first kappa shape index (κ1) is 13.2. The number of nitrogens with zero attached hydrogens (tertiary/aromatic N) is 1. The van der Waals surface area contributed by atoms with E-state index in [0.717, 1.165) is 30.3 Å². The molecule has 18 heavy (non-hydrogen) atoms. The summed E-state index contributed by atoms with van der Waals surface area (Å²) < 4.78 is 0. The lowest BCUT2D eigenvalue weighted by molar-refractivity contribution is 0.358. The molecular weight excluding hydrogens is 222 g/mol. The molecule has 1 aliphatic carbocycles. The fraction of sp³-hybridized carbons (Fsp3) is 0.667. The van der Waals surface area contributed by atoms with E-state index in [2.05, 4.69) is 35.5 Å². The Bertz CT molecular complexity index is 365. The van der Waals surface area contributed by atoms with Crippen molar-refractivity contribution in [3.05, 3.63) is 18.5 Å². The monoisotopic (exact) mass is 247 g/mol. The second-order valence-corrected chi connectivity index (χ2v) is 5.50. The summed E-state index contributed by atoms with van der Waals surface area (Å²) in [5.74, 6) is 0.852. The largest absolute Gasteiger partial charge is 0.384 e. The van der Waals surface area contributed by atoms with Crippen molar-refractivity contribution in [1.82, 2.24) is 4.98 Å². The van der Waals surface area contributed by atoms with Gasteiger partial charge in [0, 0.05) is 12.6 Å². The Hall–Kier alpha value is -1.25. The molecule has 2 rings (SSSR count). The van der Waals surface area contributed by atoms with E-state index in [4.69, 9.17) is 0 Å². The molecule has 1 fully saturated rings. The normalized spacial score (nSPS) is 23.7. The predicted molar refractivity (Wildman–Crippen MR) is 78.1 cm³/mol. The van der Waals surface area contributed by atoms with Crippen LogP contribution in [0.25, 0.3) is 0 Å². The number of nitrogens with one attached hydrogen (secondary N) is 2. The highest BCUT2D eigenvalue weighted by molar-refractivity contribution is 5.54. The number of pyridine rings is 1. The minimum atomic E-state index is 0.622. The van der Waals surface area contributed by atoms with Crippen LogP contribution in [0.2, 0.25) is 0 Å². The van der Waals surface area contributed by atoms with Gasteiger partial charge in [0.2, 0.25) is 0 Å². The Morgan fingerprint density at radius 3 is 2.89 bits per heavy atom. The fourth-order valence-corrected chi connectivity index (χ4v) is 2.69. The summed E-state index contributed by atoms with van der Waals surface area (Å²) in [6, 6.07) is 2.79. The van der Waals surface area contributed by atoms with Gasteiger partial charge < -0.3 is 10.6 Å². The quantitative estimate of drug-likeness (QED) is 0.828. The van der Waals surface area contributed by atoms with Crippen molar-refractivity contribution in [3.8, 4) is 0 Å². The average molecular weight is 247 g/mol. The first-order valence-corrected chi connectivity index (χ1v) is 7.23. The lowest BCUT2D eigenvalue weighted by Crippen LogP contribution is -2.26. The molecule has 0 aromatic carbocycles. The van der Waals surface area contributed by atoms with Crippen molar-refractivity contribution in [1.29, 1.82) is 0 Å². The van der Waals surface area contributed by atoms with Crippen molar-refractivity contribution >= 4 is 11.4 Å². The van der Waals surface area contributed by atoms with Crippen LogP contribution in [0.1, 0.15) is 46.0 Å². The Kier molecular flexibility index (Phi) is 4.85. The van der Waals surface area contributed by atoms with Crippen molar-refractivity contribution in [3.63, 3.8) is 0 Å². The standard InChI is InChI=1S/C15H25N3/c1-3-7-17-14-9-15(11-16-10-14)18-13-6-4-5-12(2)8-13/h9-13,17-18H,3-8H2,1-2H3. The molecule has 1 heterocycles. The van der Waals surface area contributed by atoms with Crippen LogP contribution >= 0.6 is 0 Å². The maximum Gasteiger partial charge on any atom is 0.0549 e. The molecule has 0 saturated heterocycles. The third-order valence-corrected chi connectivity index (χ3v) is 3.62. The van der Waals surface area contributed by atoms with Crippen LogP contribution in [0.3, 0.4) is 0 Å². The molecule has 0 amide bonds. The van der Waals surface area contributed by atoms with Crippen LogP contribution in [0.5, 0.6) is 0 Å². The van der Waals surface area contributed by atoms with Crippen LogP contribution < -0.4 is 10.6 Å². The maximum absolute atomic E-state index is 4.30. The van der Waals surface area contributed by atoms with Gasteiger partial charge in [-0.3, -0.25) is 4.98 Å². The summed E-state index contributed by atoms with van der Waals surface area (Å²) >= 11 is 0. The SMILES string of the molecule is CCCNc1cncc(NC2CCCC(C)C2)c1. The Morgan fingerprint density at radius 2 is 2.11 bits per heavy atom. The van der Waals surface area contributed by atoms with Gasteiger partial charge in [-0.1, -0.05) is 26.7 Å². The Balaban J connectivity index is 1.91. The van der Waals surface area contributed by atoms with Crippen LogP contribution in [0, 0.1) is 5.92 Å². The Morgan fingerprint density at radius 1 is 1.28 bits per heavy atom. The van der Waals surface area contributed by atoms with E-state index in [9.17, 15) is 0 Å². The van der Waals surface area contributed by atoms with Gasteiger partial charge in [0.25, 0.3) is 0 Å². The molecule has 3 heteroatoms. The number of rotatable bonds is 5. The van der Waals surface area contributed by atoms with Gasteiger partial charge >= 0.3 is 0 Å². The highest BCUT2D eigenvalue weighted by Crippen LogP contribution is 2.26. The molecule has 2 unspecified atom stereocenters. The van der Waals surface area contributed by atoms with E-state index in [-0.39, 0.29) is 0 Å². The van der Waals surface area contributed by atoms with Gasteiger partial charge in [-0.25, -0.2) is 0 Å². The molecule has 3 nitrogen and oxygen atoms in total. The van der Waals surface area contributed by atoms with Gasteiger partial charge in [-0.2, -0.15) is 0 Å². The number of hydrogen-bond acceptors (Lipinski definition) is 3. The minimum absolute atomic E-state index is 0.622. The highest BCUT2D eigenvalue weighted by Gasteiger charge is 2.18. The number of anilines is 2. The maximum atomic E-state index is 4.30. The zero-order valence-electron chi connectivity index (χ0n) is 11.6. The molecular formula is C15H25N3. The number of hydrogen-bond donors (Lipinski definition) is 2. The summed E-state index contributed by atoms with van der Waals surface area (Å²) in [5, 5.41) is 7.00. The van der Waals surface area contributed by atoms with Crippen molar-refractivity contribution in [2.24, 2.45) is 5.92 Å². The lowest BCUT2D eigenvalue weighted by atomic mass is 9.87. The summed E-state index contributed by atoms with van der Waals surface area (Å²) in [4.78, 5) is 4.30. The van der Waals surface area contributed by atoms with Gasteiger partial charge in [0.05, 0.1) is 23.8 Å². The third kappa shape index (κ3) is 3.90. The van der Waals surface area contributed by atoms with E-state index in [1.165, 1.54) is 25.7 Å². The number of aromatic nitrogens is 1. The molecule has 2 atom stereocenters. The van der Waals surface area contributed by atoms with Crippen LogP contribution in [0.4, 0.5) is 11.4 Å². The van der Waals surface area contributed by atoms with Crippen molar-refractivity contribution < 1.29 is 0 Å². The second kappa shape index (κ2) is 6.62. The minimum Gasteiger partial charge on any atom is -0.384 e.